The molecule has 1 aromatic heterocycles. The zero-order valence-corrected chi connectivity index (χ0v) is 17.0. The van der Waals surface area contributed by atoms with Crippen LogP contribution in [0.4, 0.5) is 0 Å². The summed E-state index contributed by atoms with van der Waals surface area (Å²) in [6, 6.07) is 6.31. The van der Waals surface area contributed by atoms with Crippen molar-refractivity contribution in [3.05, 3.63) is 35.7 Å². The van der Waals surface area contributed by atoms with E-state index in [1.807, 2.05) is 30.7 Å². The smallest absolute Gasteiger partial charge is 0.273 e. The van der Waals surface area contributed by atoms with Crippen molar-refractivity contribution in [3.63, 3.8) is 0 Å². The van der Waals surface area contributed by atoms with Crippen molar-refractivity contribution in [2.75, 3.05) is 27.3 Å². The zero-order chi connectivity index (χ0) is 20.1. The van der Waals surface area contributed by atoms with Crippen molar-refractivity contribution in [1.82, 2.24) is 25.2 Å². The molecule has 1 saturated heterocycles. The summed E-state index contributed by atoms with van der Waals surface area (Å²) in [5.74, 6) is 1.37. The minimum atomic E-state index is -0.177. The first kappa shape index (κ1) is 20.1. The lowest BCUT2D eigenvalue weighted by molar-refractivity contribution is 0.0938. The summed E-state index contributed by atoms with van der Waals surface area (Å²) in [4.78, 5) is 14.5. The molecule has 8 nitrogen and oxygen atoms in total. The van der Waals surface area contributed by atoms with Crippen LogP contribution in [0.15, 0.2) is 24.4 Å². The fourth-order valence-electron chi connectivity index (χ4n) is 3.56. The Hall–Kier alpha value is -2.61. The van der Waals surface area contributed by atoms with E-state index < -0.39 is 0 Å². The molecule has 1 aliphatic heterocycles. The molecule has 0 unspecified atom stereocenters. The molecule has 1 amide bonds. The van der Waals surface area contributed by atoms with Crippen molar-refractivity contribution in [2.24, 2.45) is 0 Å². The van der Waals surface area contributed by atoms with Gasteiger partial charge in [0.1, 0.15) is 0 Å². The van der Waals surface area contributed by atoms with Gasteiger partial charge in [0.05, 0.1) is 26.5 Å². The van der Waals surface area contributed by atoms with Gasteiger partial charge in [-0.25, -0.2) is 4.68 Å². The van der Waals surface area contributed by atoms with Crippen molar-refractivity contribution in [1.29, 1.82) is 0 Å². The maximum Gasteiger partial charge on any atom is 0.273 e. The van der Waals surface area contributed by atoms with Gasteiger partial charge < -0.3 is 14.8 Å². The van der Waals surface area contributed by atoms with Gasteiger partial charge in [0.15, 0.2) is 17.2 Å². The number of carbonyl (C=O) groups excluding carboxylic acids is 1. The van der Waals surface area contributed by atoms with Gasteiger partial charge in [-0.2, -0.15) is 0 Å². The van der Waals surface area contributed by atoms with Crippen LogP contribution in [0.3, 0.4) is 0 Å². The van der Waals surface area contributed by atoms with Gasteiger partial charge in [-0.05, 0) is 32.8 Å². The highest BCUT2D eigenvalue weighted by Crippen LogP contribution is 2.32. The van der Waals surface area contributed by atoms with E-state index in [4.69, 9.17) is 9.47 Å². The molecule has 0 aliphatic carbocycles. The Labute approximate surface area is 165 Å². The second-order valence-corrected chi connectivity index (χ2v) is 7.37. The number of benzene rings is 1. The summed E-state index contributed by atoms with van der Waals surface area (Å²) in [7, 11) is 3.33. The highest BCUT2D eigenvalue weighted by atomic mass is 16.5. The van der Waals surface area contributed by atoms with Crippen LogP contribution in [0.2, 0.25) is 0 Å². The molecule has 0 spiro atoms. The van der Waals surface area contributed by atoms with E-state index in [9.17, 15) is 4.79 Å². The standard InChI is InChI=1S/C20H29N5O3/c1-14(2)21-20(26)17-13-25(23-22-17)16-8-10-24(11-9-16)12-15-6-5-7-18(27-3)19(15)28-4/h5-7,13-14,16H,8-12H2,1-4H3,(H,21,26). The minimum Gasteiger partial charge on any atom is -0.493 e. The first-order chi connectivity index (χ1) is 13.5. The maximum atomic E-state index is 12.1. The highest BCUT2D eigenvalue weighted by Gasteiger charge is 2.24. The Morgan fingerprint density at radius 2 is 2.00 bits per heavy atom. The zero-order valence-electron chi connectivity index (χ0n) is 17.0. The molecule has 8 heteroatoms. The molecule has 1 fully saturated rings. The number of piperidine rings is 1. The fraction of sp³-hybridized carbons (Fsp3) is 0.550. The number of nitrogens with one attached hydrogen (secondary N) is 1. The van der Waals surface area contributed by atoms with Gasteiger partial charge in [0.2, 0.25) is 0 Å². The average Bonchev–Trinajstić information content (AvgIpc) is 3.18. The molecule has 2 heterocycles. The van der Waals surface area contributed by atoms with Crippen LogP contribution in [0, 0.1) is 0 Å². The van der Waals surface area contributed by atoms with Gasteiger partial charge in [-0.1, -0.05) is 17.3 Å². The van der Waals surface area contributed by atoms with Gasteiger partial charge in [0, 0.05) is 31.2 Å². The lowest BCUT2D eigenvalue weighted by Crippen LogP contribution is -2.34. The molecule has 0 bridgehead atoms. The number of rotatable bonds is 7. The molecule has 152 valence electrons. The predicted octanol–water partition coefficient (Wildman–Crippen LogP) is 2.27. The highest BCUT2D eigenvalue weighted by molar-refractivity contribution is 5.91. The Bertz CT molecular complexity index is 797. The molecular formula is C20H29N5O3. The normalized spacial score (nSPS) is 15.6. The number of carbonyl (C=O) groups is 1. The van der Waals surface area contributed by atoms with Crippen LogP contribution >= 0.6 is 0 Å². The molecule has 2 aromatic rings. The summed E-state index contributed by atoms with van der Waals surface area (Å²) in [6.45, 7) is 6.55. The van der Waals surface area contributed by atoms with E-state index >= 15 is 0 Å². The van der Waals surface area contributed by atoms with E-state index in [0.29, 0.717) is 5.69 Å². The fourth-order valence-corrected chi connectivity index (χ4v) is 3.56. The Morgan fingerprint density at radius 1 is 1.25 bits per heavy atom. The number of hydrogen-bond donors (Lipinski definition) is 1. The first-order valence-electron chi connectivity index (χ1n) is 9.66. The van der Waals surface area contributed by atoms with Gasteiger partial charge in [-0.15, -0.1) is 5.10 Å². The summed E-state index contributed by atoms with van der Waals surface area (Å²) >= 11 is 0. The largest absolute Gasteiger partial charge is 0.493 e. The van der Waals surface area contributed by atoms with Gasteiger partial charge in [-0.3, -0.25) is 9.69 Å². The summed E-state index contributed by atoms with van der Waals surface area (Å²) < 4.78 is 12.8. The van der Waals surface area contributed by atoms with Crippen LogP contribution in [0.25, 0.3) is 0 Å². The topological polar surface area (TPSA) is 81.5 Å². The Balaban J connectivity index is 1.58. The number of likely N-dealkylation sites (tertiary alicyclic amines) is 1. The van der Waals surface area contributed by atoms with E-state index in [1.165, 1.54) is 0 Å². The number of amides is 1. The lowest BCUT2D eigenvalue weighted by atomic mass is 10.0. The Kier molecular flexibility index (Phi) is 6.51. The van der Waals surface area contributed by atoms with Crippen LogP contribution in [0.1, 0.15) is 48.8 Å². The molecule has 1 aromatic carbocycles. The number of methoxy groups -OCH3 is 2. The predicted molar refractivity (Wildman–Crippen MR) is 106 cm³/mol. The average molecular weight is 387 g/mol. The van der Waals surface area contributed by atoms with Crippen molar-refractivity contribution >= 4 is 5.91 Å². The molecule has 0 saturated carbocycles. The quantitative estimate of drug-likeness (QED) is 0.785. The first-order valence-corrected chi connectivity index (χ1v) is 9.66. The van der Waals surface area contributed by atoms with E-state index in [1.54, 1.807) is 20.4 Å². The molecule has 1 N–H and O–H groups in total. The minimum absolute atomic E-state index is 0.0782. The van der Waals surface area contributed by atoms with Crippen LogP contribution in [-0.2, 0) is 6.54 Å². The third kappa shape index (κ3) is 4.62. The number of nitrogens with zero attached hydrogens (tertiary/aromatic N) is 4. The molecule has 1 aliphatic rings. The number of ether oxygens (including phenoxy) is 2. The van der Waals surface area contributed by atoms with Crippen LogP contribution < -0.4 is 14.8 Å². The summed E-state index contributed by atoms with van der Waals surface area (Å²) in [5, 5.41) is 11.1. The van der Waals surface area contributed by atoms with Gasteiger partial charge >= 0.3 is 0 Å². The molecular weight excluding hydrogens is 358 g/mol. The monoisotopic (exact) mass is 387 g/mol. The van der Waals surface area contributed by atoms with Crippen molar-refractivity contribution in [2.45, 2.75) is 45.3 Å². The molecule has 0 atom stereocenters. The van der Waals surface area contributed by atoms with Crippen LogP contribution in [0.5, 0.6) is 11.5 Å². The lowest BCUT2D eigenvalue weighted by Gasteiger charge is -2.32. The molecule has 3 rings (SSSR count). The number of hydrogen-bond acceptors (Lipinski definition) is 6. The molecule has 0 radical (unpaired) electrons. The van der Waals surface area contributed by atoms with Crippen molar-refractivity contribution in [3.8, 4) is 11.5 Å². The van der Waals surface area contributed by atoms with E-state index in [0.717, 1.165) is 49.5 Å². The second kappa shape index (κ2) is 9.05. The maximum absolute atomic E-state index is 12.1. The Morgan fingerprint density at radius 3 is 2.64 bits per heavy atom. The number of para-hydroxylation sites is 1. The van der Waals surface area contributed by atoms with Crippen molar-refractivity contribution < 1.29 is 14.3 Å². The summed E-state index contributed by atoms with van der Waals surface area (Å²) in [6.07, 6.45) is 3.67. The van der Waals surface area contributed by atoms with Crippen LogP contribution in [-0.4, -0.2) is 59.2 Å². The van der Waals surface area contributed by atoms with E-state index in [2.05, 4.69) is 26.6 Å². The SMILES string of the molecule is COc1cccc(CN2CCC(n3cc(C(=O)NC(C)C)nn3)CC2)c1OC. The third-order valence-corrected chi connectivity index (χ3v) is 4.97. The second-order valence-electron chi connectivity index (χ2n) is 7.37. The number of aromatic nitrogens is 3. The summed E-state index contributed by atoms with van der Waals surface area (Å²) in [5.41, 5.74) is 1.49. The molecule has 28 heavy (non-hydrogen) atoms. The van der Waals surface area contributed by atoms with Gasteiger partial charge in [0.25, 0.3) is 5.91 Å². The third-order valence-electron chi connectivity index (χ3n) is 4.97. The van der Waals surface area contributed by atoms with E-state index in [-0.39, 0.29) is 18.0 Å².